The Morgan fingerprint density at radius 1 is 0.842 bits per heavy atom. The average molecular weight is 272 g/mol. The lowest BCUT2D eigenvalue weighted by Gasteiger charge is -2.10. The first-order chi connectivity index (χ1) is 8.99. The number of hydrogen-bond donors (Lipinski definition) is 0. The topological polar surface area (TPSA) is 52.6 Å². The van der Waals surface area contributed by atoms with E-state index < -0.39 is 0 Å². The van der Waals surface area contributed by atoms with Crippen LogP contribution in [0.25, 0.3) is 0 Å². The zero-order valence-corrected chi connectivity index (χ0v) is 12.7. The Bertz CT molecular complexity index is 237. The highest BCUT2D eigenvalue weighted by Crippen LogP contribution is 2.06. The molecule has 0 spiro atoms. The van der Waals surface area contributed by atoms with E-state index in [1.165, 1.54) is 0 Å². The largest absolute Gasteiger partial charge is 0.465 e. The van der Waals surface area contributed by atoms with Gasteiger partial charge >= 0.3 is 11.9 Å². The van der Waals surface area contributed by atoms with Crippen LogP contribution in [0.4, 0.5) is 0 Å². The minimum Gasteiger partial charge on any atom is -0.465 e. The zero-order valence-electron chi connectivity index (χ0n) is 12.7. The van der Waals surface area contributed by atoms with E-state index in [9.17, 15) is 9.59 Å². The maximum absolute atomic E-state index is 11.4. The van der Waals surface area contributed by atoms with Crippen molar-refractivity contribution in [1.29, 1.82) is 0 Å². The highest BCUT2D eigenvalue weighted by atomic mass is 16.5. The maximum Gasteiger partial charge on any atom is 0.305 e. The number of carbonyl (C=O) groups is 2. The summed E-state index contributed by atoms with van der Waals surface area (Å²) >= 11 is 0. The van der Waals surface area contributed by atoms with Crippen molar-refractivity contribution >= 4 is 11.9 Å². The fourth-order valence-electron chi connectivity index (χ4n) is 1.23. The van der Waals surface area contributed by atoms with Gasteiger partial charge < -0.3 is 9.47 Å². The van der Waals surface area contributed by atoms with Crippen LogP contribution in [-0.2, 0) is 19.1 Å². The highest BCUT2D eigenvalue weighted by molar-refractivity contribution is 5.72. The van der Waals surface area contributed by atoms with Crippen molar-refractivity contribution in [3.8, 4) is 0 Å². The Hall–Kier alpha value is -1.06. The van der Waals surface area contributed by atoms with Gasteiger partial charge in [0, 0.05) is 12.8 Å². The highest BCUT2D eigenvalue weighted by Gasteiger charge is 2.09. The van der Waals surface area contributed by atoms with E-state index in [1.807, 2.05) is 13.8 Å². The summed E-state index contributed by atoms with van der Waals surface area (Å²) in [6.45, 7) is 9.14. The predicted octanol–water partition coefficient (Wildman–Crippen LogP) is 3.34. The van der Waals surface area contributed by atoms with Crippen molar-refractivity contribution in [2.45, 2.75) is 59.8 Å². The van der Waals surface area contributed by atoms with Crippen LogP contribution in [0.3, 0.4) is 0 Å². The SMILES string of the molecule is CC[C@H](C)COC(=O)CCCC(=O)OC[C@@H](C)CC. The second kappa shape index (κ2) is 10.8. The molecule has 4 heteroatoms. The first-order valence-corrected chi connectivity index (χ1v) is 7.30. The molecular weight excluding hydrogens is 244 g/mol. The Morgan fingerprint density at radius 3 is 1.53 bits per heavy atom. The quantitative estimate of drug-likeness (QED) is 0.572. The molecule has 0 aliphatic rings. The first kappa shape index (κ1) is 17.9. The molecular formula is C15H28O4. The number of esters is 2. The van der Waals surface area contributed by atoms with Gasteiger partial charge in [-0.3, -0.25) is 9.59 Å². The molecule has 0 radical (unpaired) electrons. The summed E-state index contributed by atoms with van der Waals surface area (Å²) in [4.78, 5) is 22.8. The summed E-state index contributed by atoms with van der Waals surface area (Å²) in [5.41, 5.74) is 0. The molecule has 0 amide bonds. The monoisotopic (exact) mass is 272 g/mol. The maximum atomic E-state index is 11.4. The Morgan fingerprint density at radius 2 is 1.21 bits per heavy atom. The Labute approximate surface area is 116 Å². The average Bonchev–Trinajstić information content (AvgIpc) is 2.41. The number of rotatable bonds is 10. The van der Waals surface area contributed by atoms with Gasteiger partial charge in [-0.05, 0) is 18.3 Å². The molecule has 0 N–H and O–H groups in total. The first-order valence-electron chi connectivity index (χ1n) is 7.30. The molecule has 0 aromatic carbocycles. The van der Waals surface area contributed by atoms with Gasteiger partial charge in [-0.15, -0.1) is 0 Å². The van der Waals surface area contributed by atoms with Crippen molar-refractivity contribution in [2.75, 3.05) is 13.2 Å². The Kier molecular flexibility index (Phi) is 10.2. The minimum atomic E-state index is -0.227. The van der Waals surface area contributed by atoms with Gasteiger partial charge in [0.15, 0.2) is 0 Å². The standard InChI is InChI=1S/C15H28O4/c1-5-12(3)10-18-14(16)8-7-9-15(17)19-11-13(4)6-2/h12-13H,5-11H2,1-4H3/t12-,13-/m0/s1. The van der Waals surface area contributed by atoms with Gasteiger partial charge in [0.05, 0.1) is 13.2 Å². The predicted molar refractivity (Wildman–Crippen MR) is 74.7 cm³/mol. The smallest absolute Gasteiger partial charge is 0.305 e. The molecule has 0 rings (SSSR count). The molecule has 4 nitrogen and oxygen atoms in total. The van der Waals surface area contributed by atoms with E-state index in [4.69, 9.17) is 9.47 Å². The van der Waals surface area contributed by atoms with Crippen LogP contribution in [0.2, 0.25) is 0 Å². The van der Waals surface area contributed by atoms with Crippen molar-refractivity contribution in [3.05, 3.63) is 0 Å². The molecule has 19 heavy (non-hydrogen) atoms. The van der Waals surface area contributed by atoms with Crippen molar-refractivity contribution in [1.82, 2.24) is 0 Å². The van der Waals surface area contributed by atoms with Crippen molar-refractivity contribution < 1.29 is 19.1 Å². The molecule has 0 aromatic rings. The minimum absolute atomic E-state index is 0.227. The van der Waals surface area contributed by atoms with E-state index >= 15 is 0 Å². The second-order valence-electron chi connectivity index (χ2n) is 5.25. The van der Waals surface area contributed by atoms with Gasteiger partial charge in [-0.1, -0.05) is 40.5 Å². The summed E-state index contributed by atoms with van der Waals surface area (Å²) in [6, 6.07) is 0. The molecule has 0 saturated heterocycles. The van der Waals surface area contributed by atoms with Crippen LogP contribution < -0.4 is 0 Å². The summed E-state index contributed by atoms with van der Waals surface area (Å²) < 4.78 is 10.2. The lowest BCUT2D eigenvalue weighted by atomic mass is 10.1. The molecule has 2 atom stereocenters. The van der Waals surface area contributed by atoms with Gasteiger partial charge in [-0.25, -0.2) is 0 Å². The number of hydrogen-bond acceptors (Lipinski definition) is 4. The molecule has 0 aliphatic heterocycles. The van der Waals surface area contributed by atoms with Crippen molar-refractivity contribution in [3.63, 3.8) is 0 Å². The van der Waals surface area contributed by atoms with Gasteiger partial charge in [0.1, 0.15) is 0 Å². The van der Waals surface area contributed by atoms with E-state index in [0.717, 1.165) is 12.8 Å². The molecule has 0 heterocycles. The number of ether oxygens (including phenoxy) is 2. The molecule has 0 saturated carbocycles. The molecule has 0 aromatic heterocycles. The molecule has 0 fully saturated rings. The van der Waals surface area contributed by atoms with Gasteiger partial charge in [0.2, 0.25) is 0 Å². The lowest BCUT2D eigenvalue weighted by molar-refractivity contribution is -0.146. The summed E-state index contributed by atoms with van der Waals surface area (Å²) in [6.07, 6.45) is 3.06. The summed E-state index contributed by atoms with van der Waals surface area (Å²) in [5.74, 6) is 0.332. The number of carbonyl (C=O) groups excluding carboxylic acids is 2. The fraction of sp³-hybridized carbons (Fsp3) is 0.867. The third kappa shape index (κ3) is 10.5. The van der Waals surface area contributed by atoms with Crippen LogP contribution >= 0.6 is 0 Å². The lowest BCUT2D eigenvalue weighted by Crippen LogP contribution is -2.13. The summed E-state index contributed by atoms with van der Waals surface area (Å²) in [7, 11) is 0. The van der Waals surface area contributed by atoms with E-state index in [0.29, 0.717) is 31.5 Å². The van der Waals surface area contributed by atoms with Crippen LogP contribution in [0.5, 0.6) is 0 Å². The van der Waals surface area contributed by atoms with E-state index in [-0.39, 0.29) is 24.8 Å². The van der Waals surface area contributed by atoms with Gasteiger partial charge in [-0.2, -0.15) is 0 Å². The van der Waals surface area contributed by atoms with Crippen LogP contribution in [0.15, 0.2) is 0 Å². The molecule has 112 valence electrons. The van der Waals surface area contributed by atoms with E-state index in [2.05, 4.69) is 13.8 Å². The van der Waals surface area contributed by atoms with Crippen LogP contribution in [0, 0.1) is 11.8 Å². The fourth-order valence-corrected chi connectivity index (χ4v) is 1.23. The van der Waals surface area contributed by atoms with Crippen molar-refractivity contribution in [2.24, 2.45) is 11.8 Å². The molecule has 0 aliphatic carbocycles. The van der Waals surface area contributed by atoms with Gasteiger partial charge in [0.25, 0.3) is 0 Å². The molecule has 0 unspecified atom stereocenters. The third-order valence-electron chi connectivity index (χ3n) is 3.21. The second-order valence-corrected chi connectivity index (χ2v) is 5.25. The normalized spacial score (nSPS) is 13.7. The summed E-state index contributed by atoms with van der Waals surface area (Å²) in [5, 5.41) is 0. The third-order valence-corrected chi connectivity index (χ3v) is 3.21. The molecule has 0 bridgehead atoms. The Balaban J connectivity index is 3.56. The van der Waals surface area contributed by atoms with E-state index in [1.54, 1.807) is 0 Å². The zero-order chi connectivity index (χ0) is 14.7. The van der Waals surface area contributed by atoms with Crippen LogP contribution in [-0.4, -0.2) is 25.2 Å². The van der Waals surface area contributed by atoms with Crippen LogP contribution in [0.1, 0.15) is 59.8 Å².